The largest absolute Gasteiger partial charge is 0.377 e. The van der Waals surface area contributed by atoms with Crippen LogP contribution in [-0.4, -0.2) is 23.4 Å². The van der Waals surface area contributed by atoms with Gasteiger partial charge in [0.05, 0.1) is 4.92 Å². The van der Waals surface area contributed by atoms with Crippen molar-refractivity contribution in [2.45, 2.75) is 19.3 Å². The molecule has 1 aromatic rings. The van der Waals surface area contributed by atoms with Crippen LogP contribution in [0.1, 0.15) is 19.4 Å². The highest BCUT2D eigenvalue weighted by Crippen LogP contribution is 2.34. The third kappa shape index (κ3) is 2.67. The first kappa shape index (κ1) is 13.3. The third-order valence-electron chi connectivity index (χ3n) is 3.63. The molecule has 0 saturated heterocycles. The van der Waals surface area contributed by atoms with E-state index in [0.717, 1.165) is 12.1 Å². The molecule has 4 heteroatoms. The number of nitro groups is 1. The summed E-state index contributed by atoms with van der Waals surface area (Å²) in [5.41, 5.74) is 2.30. The van der Waals surface area contributed by atoms with E-state index in [9.17, 15) is 10.1 Å². The van der Waals surface area contributed by atoms with Crippen molar-refractivity contribution in [2.75, 3.05) is 13.6 Å². The van der Waals surface area contributed by atoms with Gasteiger partial charge in [-0.05, 0) is 23.4 Å². The Morgan fingerprint density at radius 1 is 1.26 bits per heavy atom. The Morgan fingerprint density at radius 3 is 2.37 bits per heavy atom. The number of likely N-dealkylation sites (N-methyl/N-ethyl adjacent to an activating group) is 1. The van der Waals surface area contributed by atoms with Crippen molar-refractivity contribution in [3.63, 3.8) is 0 Å². The third-order valence-corrected chi connectivity index (χ3v) is 3.63. The van der Waals surface area contributed by atoms with Crippen molar-refractivity contribution in [2.24, 2.45) is 0 Å². The van der Waals surface area contributed by atoms with Crippen LogP contribution in [0.2, 0.25) is 0 Å². The van der Waals surface area contributed by atoms with Crippen molar-refractivity contribution in [3.8, 4) is 0 Å². The van der Waals surface area contributed by atoms with Crippen LogP contribution in [0.5, 0.6) is 0 Å². The predicted octanol–water partition coefficient (Wildman–Crippen LogP) is 3.26. The van der Waals surface area contributed by atoms with E-state index in [2.05, 4.69) is 37.1 Å². The van der Waals surface area contributed by atoms with E-state index in [-0.39, 0.29) is 16.0 Å². The minimum absolute atomic E-state index is 0.132. The Kier molecular flexibility index (Phi) is 3.42. The SMILES string of the molecule is CN1C=CC(C(C)(C)c2ccc([N+](=O)[O-])cc2)=CC1. The average Bonchev–Trinajstić information content (AvgIpc) is 2.39. The summed E-state index contributed by atoms with van der Waals surface area (Å²) in [4.78, 5) is 12.4. The van der Waals surface area contributed by atoms with Gasteiger partial charge in [0.2, 0.25) is 0 Å². The fourth-order valence-corrected chi connectivity index (χ4v) is 2.21. The van der Waals surface area contributed by atoms with Crippen LogP contribution in [0.15, 0.2) is 48.2 Å². The highest BCUT2D eigenvalue weighted by molar-refractivity contribution is 5.44. The first-order valence-corrected chi connectivity index (χ1v) is 6.25. The van der Waals surface area contributed by atoms with Crippen LogP contribution in [-0.2, 0) is 5.41 Å². The summed E-state index contributed by atoms with van der Waals surface area (Å²) in [6.45, 7) is 5.16. The standard InChI is InChI=1S/C15H18N2O2/c1-15(2,13-8-10-16(3)11-9-13)12-4-6-14(7-5-12)17(18)19/h4-10H,11H2,1-3H3. The van der Waals surface area contributed by atoms with Crippen molar-refractivity contribution in [3.05, 3.63) is 63.9 Å². The smallest absolute Gasteiger partial charge is 0.269 e. The van der Waals surface area contributed by atoms with Crippen LogP contribution >= 0.6 is 0 Å². The van der Waals surface area contributed by atoms with Crippen LogP contribution < -0.4 is 0 Å². The molecule has 0 radical (unpaired) electrons. The molecule has 0 fully saturated rings. The molecule has 0 amide bonds. The van der Waals surface area contributed by atoms with Gasteiger partial charge in [0, 0.05) is 31.1 Å². The zero-order valence-electron chi connectivity index (χ0n) is 11.5. The van der Waals surface area contributed by atoms with E-state index in [1.54, 1.807) is 12.1 Å². The molecule has 1 heterocycles. The maximum atomic E-state index is 10.7. The highest BCUT2D eigenvalue weighted by atomic mass is 16.6. The van der Waals surface area contributed by atoms with Crippen LogP contribution in [0.25, 0.3) is 0 Å². The number of hydrogen-bond acceptors (Lipinski definition) is 3. The number of hydrogen-bond donors (Lipinski definition) is 0. The number of allylic oxidation sites excluding steroid dienone is 2. The van der Waals surface area contributed by atoms with Gasteiger partial charge in [0.15, 0.2) is 0 Å². The maximum Gasteiger partial charge on any atom is 0.269 e. The van der Waals surface area contributed by atoms with Gasteiger partial charge < -0.3 is 4.90 Å². The van der Waals surface area contributed by atoms with Crippen molar-refractivity contribution in [1.29, 1.82) is 0 Å². The van der Waals surface area contributed by atoms with Gasteiger partial charge in [-0.3, -0.25) is 10.1 Å². The summed E-state index contributed by atoms with van der Waals surface area (Å²) >= 11 is 0. The van der Waals surface area contributed by atoms with E-state index in [0.29, 0.717) is 0 Å². The molecule has 100 valence electrons. The Labute approximate surface area is 113 Å². The molecule has 1 aliphatic heterocycles. The quantitative estimate of drug-likeness (QED) is 0.617. The number of benzene rings is 1. The molecule has 0 saturated carbocycles. The Bertz CT molecular complexity index is 542. The first-order chi connectivity index (χ1) is 8.91. The first-order valence-electron chi connectivity index (χ1n) is 6.25. The molecule has 0 aliphatic carbocycles. The van der Waals surface area contributed by atoms with Crippen molar-refractivity contribution in [1.82, 2.24) is 4.90 Å². The second kappa shape index (κ2) is 4.88. The zero-order valence-corrected chi connectivity index (χ0v) is 11.5. The van der Waals surface area contributed by atoms with E-state index in [4.69, 9.17) is 0 Å². The zero-order chi connectivity index (χ0) is 14.0. The van der Waals surface area contributed by atoms with Gasteiger partial charge in [-0.15, -0.1) is 0 Å². The average molecular weight is 258 g/mol. The summed E-state index contributed by atoms with van der Waals surface area (Å²) in [5, 5.41) is 10.7. The molecule has 1 aliphatic rings. The molecule has 0 spiro atoms. The summed E-state index contributed by atoms with van der Waals surface area (Å²) in [5.74, 6) is 0. The summed E-state index contributed by atoms with van der Waals surface area (Å²) in [7, 11) is 2.03. The van der Waals surface area contributed by atoms with Crippen molar-refractivity contribution >= 4 is 5.69 Å². The number of nitrogens with zero attached hydrogens (tertiary/aromatic N) is 2. The number of nitro benzene ring substituents is 1. The molecule has 19 heavy (non-hydrogen) atoms. The van der Waals surface area contributed by atoms with E-state index in [1.807, 2.05) is 19.2 Å². The van der Waals surface area contributed by atoms with Gasteiger partial charge in [0.25, 0.3) is 5.69 Å². The summed E-state index contributed by atoms with van der Waals surface area (Å²) in [6, 6.07) is 6.81. The van der Waals surface area contributed by atoms with Crippen LogP contribution in [0.4, 0.5) is 5.69 Å². The predicted molar refractivity (Wildman–Crippen MR) is 76.0 cm³/mol. The van der Waals surface area contributed by atoms with E-state index in [1.165, 1.54) is 5.57 Å². The second-order valence-electron chi connectivity index (χ2n) is 5.34. The molecule has 0 N–H and O–H groups in total. The van der Waals surface area contributed by atoms with Crippen LogP contribution in [0, 0.1) is 10.1 Å². The number of non-ortho nitro benzene ring substituents is 1. The lowest BCUT2D eigenvalue weighted by Gasteiger charge is -2.30. The second-order valence-corrected chi connectivity index (χ2v) is 5.34. The highest BCUT2D eigenvalue weighted by Gasteiger charge is 2.25. The van der Waals surface area contributed by atoms with Gasteiger partial charge in [-0.25, -0.2) is 0 Å². The molecule has 0 bridgehead atoms. The van der Waals surface area contributed by atoms with Gasteiger partial charge in [-0.1, -0.05) is 32.1 Å². The topological polar surface area (TPSA) is 46.4 Å². The Balaban J connectivity index is 2.29. The Hall–Kier alpha value is -2.10. The summed E-state index contributed by atoms with van der Waals surface area (Å²) in [6.07, 6.45) is 6.36. The molecular weight excluding hydrogens is 240 g/mol. The van der Waals surface area contributed by atoms with Gasteiger partial charge >= 0.3 is 0 Å². The Morgan fingerprint density at radius 2 is 1.89 bits per heavy atom. The molecule has 0 aromatic heterocycles. The molecular formula is C15H18N2O2. The fourth-order valence-electron chi connectivity index (χ4n) is 2.21. The van der Waals surface area contributed by atoms with Crippen LogP contribution in [0.3, 0.4) is 0 Å². The molecule has 2 rings (SSSR count). The minimum atomic E-state index is -0.370. The molecule has 0 unspecified atom stereocenters. The lowest BCUT2D eigenvalue weighted by atomic mass is 9.77. The lowest BCUT2D eigenvalue weighted by molar-refractivity contribution is -0.384. The van der Waals surface area contributed by atoms with Gasteiger partial charge in [0.1, 0.15) is 0 Å². The van der Waals surface area contributed by atoms with Gasteiger partial charge in [-0.2, -0.15) is 0 Å². The van der Waals surface area contributed by atoms with E-state index < -0.39 is 0 Å². The molecule has 1 aromatic carbocycles. The monoisotopic (exact) mass is 258 g/mol. The maximum absolute atomic E-state index is 10.7. The fraction of sp³-hybridized carbons (Fsp3) is 0.333. The summed E-state index contributed by atoms with van der Waals surface area (Å²) < 4.78 is 0. The minimum Gasteiger partial charge on any atom is -0.377 e. The molecule has 4 nitrogen and oxygen atoms in total. The normalized spacial score (nSPS) is 15.3. The lowest BCUT2D eigenvalue weighted by Crippen LogP contribution is -2.24. The number of rotatable bonds is 3. The van der Waals surface area contributed by atoms with Crippen molar-refractivity contribution < 1.29 is 4.92 Å². The van der Waals surface area contributed by atoms with E-state index >= 15 is 0 Å². The molecule has 0 atom stereocenters.